The number of nitrogens with one attached hydrogen (secondary N) is 2. The van der Waals surface area contributed by atoms with Gasteiger partial charge in [0.15, 0.2) is 0 Å². The van der Waals surface area contributed by atoms with Crippen molar-refractivity contribution in [3.8, 4) is 0 Å². The minimum Gasteiger partial charge on any atom is -0.480 e. The van der Waals surface area contributed by atoms with E-state index in [1.165, 1.54) is 7.11 Å². The maximum absolute atomic E-state index is 10.9. The fourth-order valence-electron chi connectivity index (χ4n) is 1.83. The summed E-state index contributed by atoms with van der Waals surface area (Å²) in [5, 5.41) is 21.8. The third-order valence-corrected chi connectivity index (χ3v) is 3.44. The summed E-state index contributed by atoms with van der Waals surface area (Å²) in [4.78, 5) is 42.5. The van der Waals surface area contributed by atoms with E-state index in [1.807, 2.05) is 0 Å². The van der Waals surface area contributed by atoms with Gasteiger partial charge in [0.25, 0.3) is 0 Å². The van der Waals surface area contributed by atoms with Crippen molar-refractivity contribution in [1.82, 2.24) is 10.6 Å². The largest absolute Gasteiger partial charge is 0.480 e. The van der Waals surface area contributed by atoms with Crippen molar-refractivity contribution in [2.24, 2.45) is 11.5 Å². The molecule has 0 saturated heterocycles. The molecule has 2 amide bonds. The summed E-state index contributed by atoms with van der Waals surface area (Å²) < 4.78 is 8.68. The Bertz CT molecular complexity index is 476. The van der Waals surface area contributed by atoms with Gasteiger partial charge in [0.05, 0.1) is 14.2 Å². The molecular formula is C16H32N4O8. The molecule has 0 radical (unpaired) electrons. The maximum Gasteiger partial charge on any atom is 0.407 e. The zero-order chi connectivity index (χ0) is 21.9. The van der Waals surface area contributed by atoms with Crippen LogP contribution in [-0.2, 0) is 19.1 Å². The Labute approximate surface area is 163 Å². The van der Waals surface area contributed by atoms with Crippen LogP contribution in [0.4, 0.5) is 9.59 Å². The molecule has 2 unspecified atom stereocenters. The fraction of sp³-hybridized carbons (Fsp3) is 0.750. The van der Waals surface area contributed by atoms with Gasteiger partial charge in [-0.25, -0.2) is 14.4 Å². The Hall–Kier alpha value is -2.60. The molecule has 0 aliphatic carbocycles. The molecule has 28 heavy (non-hydrogen) atoms. The lowest BCUT2D eigenvalue weighted by Gasteiger charge is -2.13. The second kappa shape index (κ2) is 17.8. The summed E-state index contributed by atoms with van der Waals surface area (Å²) in [6, 6.07) is -1.71. The van der Waals surface area contributed by atoms with Crippen LogP contribution in [0.25, 0.3) is 0 Å². The van der Waals surface area contributed by atoms with E-state index in [0.717, 1.165) is 20.0 Å². The lowest BCUT2D eigenvalue weighted by atomic mass is 10.1. The second-order valence-corrected chi connectivity index (χ2v) is 5.67. The van der Waals surface area contributed by atoms with Gasteiger partial charge in [-0.05, 0) is 38.6 Å². The van der Waals surface area contributed by atoms with Crippen molar-refractivity contribution in [2.45, 2.75) is 50.6 Å². The molecule has 12 nitrogen and oxygen atoms in total. The molecule has 0 rings (SSSR count). The molecule has 0 aromatic heterocycles. The highest BCUT2D eigenvalue weighted by Crippen LogP contribution is 2.01. The molecular weight excluding hydrogens is 376 g/mol. The number of amides is 2. The lowest BCUT2D eigenvalue weighted by Crippen LogP contribution is -2.40. The molecule has 12 heteroatoms. The average molecular weight is 408 g/mol. The van der Waals surface area contributed by atoms with Gasteiger partial charge >= 0.3 is 24.1 Å². The fourth-order valence-corrected chi connectivity index (χ4v) is 1.83. The van der Waals surface area contributed by atoms with Crippen LogP contribution >= 0.6 is 0 Å². The maximum atomic E-state index is 10.9. The van der Waals surface area contributed by atoms with Gasteiger partial charge in [-0.2, -0.15) is 0 Å². The van der Waals surface area contributed by atoms with E-state index in [9.17, 15) is 19.2 Å². The predicted molar refractivity (Wildman–Crippen MR) is 99.7 cm³/mol. The summed E-state index contributed by atoms with van der Waals surface area (Å²) in [7, 11) is 2.42. The van der Waals surface area contributed by atoms with E-state index in [-0.39, 0.29) is 6.42 Å². The van der Waals surface area contributed by atoms with Crippen molar-refractivity contribution < 1.29 is 38.9 Å². The summed E-state index contributed by atoms with van der Waals surface area (Å²) in [5.41, 5.74) is 10.4. The molecule has 164 valence electrons. The minimum atomic E-state index is -1.12. The molecule has 0 spiro atoms. The van der Waals surface area contributed by atoms with E-state index in [4.69, 9.17) is 21.7 Å². The summed E-state index contributed by atoms with van der Waals surface area (Å²) >= 11 is 0. The van der Waals surface area contributed by atoms with E-state index < -0.39 is 36.2 Å². The number of hydrogen-bond donors (Lipinski definition) is 6. The van der Waals surface area contributed by atoms with Crippen LogP contribution in [0.15, 0.2) is 0 Å². The number of carbonyl (C=O) groups is 4. The van der Waals surface area contributed by atoms with Crippen LogP contribution in [0.5, 0.6) is 0 Å². The first-order valence-corrected chi connectivity index (χ1v) is 8.77. The highest BCUT2D eigenvalue weighted by atomic mass is 16.5. The molecule has 0 heterocycles. The van der Waals surface area contributed by atoms with Crippen molar-refractivity contribution in [3.05, 3.63) is 0 Å². The summed E-state index contributed by atoms with van der Waals surface area (Å²) in [6.07, 6.45) is 2.23. The molecule has 2 atom stereocenters. The quantitative estimate of drug-likeness (QED) is 0.236. The van der Waals surface area contributed by atoms with Crippen molar-refractivity contribution in [3.63, 3.8) is 0 Å². The number of aliphatic carboxylic acids is 2. The first kappa shape index (κ1) is 27.6. The number of carboxylic acids is 2. The molecule has 8 N–H and O–H groups in total. The first-order chi connectivity index (χ1) is 13.2. The number of carbonyl (C=O) groups excluding carboxylic acids is 2. The molecule has 0 fully saturated rings. The Kier molecular flexibility index (Phi) is 17.6. The molecule has 0 saturated carbocycles. The number of alkyl carbamates (subject to hydrolysis) is 2. The minimum absolute atomic E-state index is 0.257. The van der Waals surface area contributed by atoms with Gasteiger partial charge in [-0.15, -0.1) is 0 Å². The zero-order valence-corrected chi connectivity index (χ0v) is 16.3. The number of ether oxygens (including phenoxy) is 2. The SMILES string of the molecule is COC(=O)NCCCCC(NC(=O)OC)C(=O)O.NCCCCC(N)C(=O)O. The Morgan fingerprint density at radius 3 is 1.93 bits per heavy atom. The Morgan fingerprint density at radius 2 is 1.46 bits per heavy atom. The number of methoxy groups -OCH3 is 2. The Morgan fingerprint density at radius 1 is 0.893 bits per heavy atom. The van der Waals surface area contributed by atoms with E-state index in [1.54, 1.807) is 0 Å². The van der Waals surface area contributed by atoms with Gasteiger partial charge < -0.3 is 41.8 Å². The summed E-state index contributed by atoms with van der Waals surface area (Å²) in [5.74, 6) is -2.06. The highest BCUT2D eigenvalue weighted by molar-refractivity contribution is 5.79. The summed E-state index contributed by atoms with van der Waals surface area (Å²) in [6.45, 7) is 0.990. The molecule has 0 aromatic carbocycles. The third kappa shape index (κ3) is 16.8. The smallest absolute Gasteiger partial charge is 0.407 e. The average Bonchev–Trinajstić information content (AvgIpc) is 2.66. The van der Waals surface area contributed by atoms with E-state index in [2.05, 4.69) is 20.1 Å². The Balaban J connectivity index is 0. The predicted octanol–water partition coefficient (Wildman–Crippen LogP) is -0.151. The number of carboxylic acid groups (broad SMARTS) is 2. The number of nitrogens with two attached hydrogens (primary N) is 2. The molecule has 0 aliphatic rings. The normalized spacial score (nSPS) is 11.9. The van der Waals surface area contributed by atoms with Gasteiger partial charge in [0, 0.05) is 6.54 Å². The van der Waals surface area contributed by atoms with Gasteiger partial charge in [-0.3, -0.25) is 4.79 Å². The van der Waals surface area contributed by atoms with Gasteiger partial charge in [-0.1, -0.05) is 6.42 Å². The number of rotatable bonds is 12. The molecule has 0 bridgehead atoms. The van der Waals surface area contributed by atoms with Crippen LogP contribution in [0.2, 0.25) is 0 Å². The van der Waals surface area contributed by atoms with E-state index in [0.29, 0.717) is 32.4 Å². The van der Waals surface area contributed by atoms with Crippen LogP contribution in [-0.4, -0.2) is 73.7 Å². The highest BCUT2D eigenvalue weighted by Gasteiger charge is 2.19. The molecule has 0 aliphatic heterocycles. The monoisotopic (exact) mass is 408 g/mol. The lowest BCUT2D eigenvalue weighted by molar-refractivity contribution is -0.140. The van der Waals surface area contributed by atoms with Crippen LogP contribution in [0, 0.1) is 0 Å². The zero-order valence-electron chi connectivity index (χ0n) is 16.3. The molecule has 0 aromatic rings. The van der Waals surface area contributed by atoms with Crippen molar-refractivity contribution in [2.75, 3.05) is 27.3 Å². The number of unbranched alkanes of at least 4 members (excludes halogenated alkanes) is 2. The standard InChI is InChI=1S/C10H18N2O6.C6H14N2O2/c1-17-9(15)11-6-4-3-5-7(8(13)14)12-10(16)18-2;7-4-2-1-3-5(8)6(9)10/h7H,3-6H2,1-2H3,(H,11,15)(H,12,16)(H,13,14);5H,1-4,7-8H2,(H,9,10). The van der Waals surface area contributed by atoms with Crippen LogP contribution in [0.1, 0.15) is 38.5 Å². The van der Waals surface area contributed by atoms with Crippen molar-refractivity contribution in [1.29, 1.82) is 0 Å². The third-order valence-electron chi connectivity index (χ3n) is 3.44. The second-order valence-electron chi connectivity index (χ2n) is 5.67. The first-order valence-electron chi connectivity index (χ1n) is 8.77. The van der Waals surface area contributed by atoms with E-state index >= 15 is 0 Å². The van der Waals surface area contributed by atoms with Crippen molar-refractivity contribution >= 4 is 24.1 Å². The number of hydrogen-bond acceptors (Lipinski definition) is 8. The van der Waals surface area contributed by atoms with Gasteiger partial charge in [0.2, 0.25) is 0 Å². The van der Waals surface area contributed by atoms with Crippen LogP contribution < -0.4 is 22.1 Å². The van der Waals surface area contributed by atoms with Crippen LogP contribution in [0.3, 0.4) is 0 Å². The van der Waals surface area contributed by atoms with Gasteiger partial charge in [0.1, 0.15) is 12.1 Å². The topological polar surface area (TPSA) is 203 Å².